The summed E-state index contributed by atoms with van der Waals surface area (Å²) in [4.78, 5) is 0. The predicted octanol–water partition coefficient (Wildman–Crippen LogP) is 0.703. The van der Waals surface area contributed by atoms with Gasteiger partial charge in [-0.3, -0.25) is 5.84 Å². The number of nitrogens with two attached hydrogens (primary N) is 1. The van der Waals surface area contributed by atoms with Crippen LogP contribution in [0.2, 0.25) is 0 Å². The number of nitrogens with one attached hydrogen (secondary N) is 1. The average Bonchev–Trinajstić information content (AvgIpc) is 2.26. The van der Waals surface area contributed by atoms with Crippen molar-refractivity contribution >= 4 is 0 Å². The average molecular weight is 190 g/mol. The van der Waals surface area contributed by atoms with Crippen molar-refractivity contribution in [2.24, 2.45) is 5.84 Å². The van der Waals surface area contributed by atoms with Gasteiger partial charge in [0.25, 0.3) is 0 Å². The number of hydrogen-bond donors (Lipinski definition) is 2. The standard InChI is InChI=1S/C11H14N2O/c1-3-10(13-12)8-9-4-6-11(14-2)7-5-9/h1,4-7,10,13H,8,12H2,2H3. The molecule has 0 heterocycles. The van der Waals surface area contributed by atoms with Gasteiger partial charge in [0, 0.05) is 6.42 Å². The lowest BCUT2D eigenvalue weighted by Crippen LogP contribution is -2.35. The molecule has 74 valence electrons. The van der Waals surface area contributed by atoms with Crippen LogP contribution in [0.5, 0.6) is 5.75 Å². The first kappa shape index (κ1) is 10.6. The molecule has 3 N–H and O–H groups in total. The highest BCUT2D eigenvalue weighted by molar-refractivity contribution is 5.28. The number of ether oxygens (including phenoxy) is 1. The third-order valence-electron chi connectivity index (χ3n) is 2.00. The van der Waals surface area contributed by atoms with Gasteiger partial charge < -0.3 is 4.74 Å². The van der Waals surface area contributed by atoms with Crippen LogP contribution in [0, 0.1) is 12.3 Å². The molecule has 0 aliphatic heterocycles. The maximum Gasteiger partial charge on any atom is 0.118 e. The first-order valence-corrected chi connectivity index (χ1v) is 4.35. The van der Waals surface area contributed by atoms with Crippen LogP contribution in [-0.4, -0.2) is 13.2 Å². The monoisotopic (exact) mass is 190 g/mol. The summed E-state index contributed by atoms with van der Waals surface area (Å²) in [6.07, 6.45) is 5.99. The Morgan fingerprint density at radius 1 is 1.50 bits per heavy atom. The fraction of sp³-hybridized carbons (Fsp3) is 0.273. The molecule has 0 saturated heterocycles. The molecule has 0 aliphatic rings. The molecule has 0 bridgehead atoms. The minimum Gasteiger partial charge on any atom is -0.497 e. The van der Waals surface area contributed by atoms with E-state index in [-0.39, 0.29) is 6.04 Å². The van der Waals surface area contributed by atoms with Crippen molar-refractivity contribution in [3.8, 4) is 18.1 Å². The van der Waals surface area contributed by atoms with E-state index >= 15 is 0 Å². The summed E-state index contributed by atoms with van der Waals surface area (Å²) < 4.78 is 5.05. The van der Waals surface area contributed by atoms with E-state index < -0.39 is 0 Å². The topological polar surface area (TPSA) is 47.3 Å². The Bertz CT molecular complexity index is 313. The molecule has 1 aromatic rings. The van der Waals surface area contributed by atoms with Gasteiger partial charge in [-0.05, 0) is 17.7 Å². The van der Waals surface area contributed by atoms with Crippen LogP contribution in [0.15, 0.2) is 24.3 Å². The van der Waals surface area contributed by atoms with Crippen LogP contribution in [0.4, 0.5) is 0 Å². The molecule has 0 aliphatic carbocycles. The second-order valence-electron chi connectivity index (χ2n) is 2.94. The van der Waals surface area contributed by atoms with Gasteiger partial charge in [-0.25, -0.2) is 5.43 Å². The first-order valence-electron chi connectivity index (χ1n) is 4.35. The van der Waals surface area contributed by atoms with Crippen LogP contribution >= 0.6 is 0 Å². The molecule has 3 heteroatoms. The highest BCUT2D eigenvalue weighted by Gasteiger charge is 2.03. The van der Waals surface area contributed by atoms with Gasteiger partial charge in [0.2, 0.25) is 0 Å². The van der Waals surface area contributed by atoms with E-state index in [4.69, 9.17) is 17.0 Å². The van der Waals surface area contributed by atoms with Gasteiger partial charge in [-0.2, -0.15) is 0 Å². The summed E-state index contributed by atoms with van der Waals surface area (Å²) in [6, 6.07) is 7.63. The minimum atomic E-state index is -0.122. The van der Waals surface area contributed by atoms with Crippen molar-refractivity contribution in [2.75, 3.05) is 7.11 Å². The van der Waals surface area contributed by atoms with Gasteiger partial charge in [0.15, 0.2) is 0 Å². The third kappa shape index (κ3) is 2.77. The van der Waals surface area contributed by atoms with Crippen molar-refractivity contribution < 1.29 is 4.74 Å². The number of hydrazine groups is 1. The number of methoxy groups -OCH3 is 1. The van der Waals surface area contributed by atoms with Crippen molar-refractivity contribution in [3.63, 3.8) is 0 Å². The maximum absolute atomic E-state index is 5.27. The van der Waals surface area contributed by atoms with Crippen molar-refractivity contribution in [1.82, 2.24) is 5.43 Å². The van der Waals surface area contributed by atoms with Crippen LogP contribution in [0.25, 0.3) is 0 Å². The lowest BCUT2D eigenvalue weighted by Gasteiger charge is -2.09. The fourth-order valence-electron chi connectivity index (χ4n) is 1.16. The summed E-state index contributed by atoms with van der Waals surface area (Å²) in [6.45, 7) is 0. The number of terminal acetylenes is 1. The van der Waals surface area contributed by atoms with Crippen LogP contribution in [0.1, 0.15) is 5.56 Å². The normalized spacial score (nSPS) is 11.8. The summed E-state index contributed by atoms with van der Waals surface area (Å²) in [5.74, 6) is 8.67. The van der Waals surface area contributed by atoms with Gasteiger partial charge in [0.1, 0.15) is 5.75 Å². The zero-order valence-electron chi connectivity index (χ0n) is 8.16. The largest absolute Gasteiger partial charge is 0.497 e. The minimum absolute atomic E-state index is 0.122. The first-order chi connectivity index (χ1) is 6.80. The molecule has 1 aromatic carbocycles. The van der Waals surface area contributed by atoms with Gasteiger partial charge in [0.05, 0.1) is 13.2 Å². The highest BCUT2D eigenvalue weighted by atomic mass is 16.5. The smallest absolute Gasteiger partial charge is 0.118 e. The Balaban J connectivity index is 2.64. The second-order valence-corrected chi connectivity index (χ2v) is 2.94. The highest BCUT2D eigenvalue weighted by Crippen LogP contribution is 2.12. The van der Waals surface area contributed by atoms with Crippen LogP contribution < -0.4 is 16.0 Å². The van der Waals surface area contributed by atoms with E-state index in [1.807, 2.05) is 24.3 Å². The Morgan fingerprint density at radius 2 is 2.14 bits per heavy atom. The molecule has 0 amide bonds. The Kier molecular flexibility index (Phi) is 3.99. The van der Waals surface area contributed by atoms with E-state index in [0.29, 0.717) is 0 Å². The molecule has 14 heavy (non-hydrogen) atoms. The number of benzene rings is 1. The molecule has 0 spiro atoms. The molecule has 3 nitrogen and oxygen atoms in total. The molecule has 1 atom stereocenters. The van der Waals surface area contributed by atoms with E-state index in [1.165, 1.54) is 0 Å². The quantitative estimate of drug-likeness (QED) is 0.417. The Hall–Kier alpha value is -1.50. The summed E-state index contributed by atoms with van der Waals surface area (Å²) in [7, 11) is 1.64. The summed E-state index contributed by atoms with van der Waals surface area (Å²) in [5.41, 5.74) is 3.69. The number of hydrogen-bond acceptors (Lipinski definition) is 3. The van der Waals surface area contributed by atoms with Crippen molar-refractivity contribution in [2.45, 2.75) is 12.5 Å². The summed E-state index contributed by atoms with van der Waals surface area (Å²) >= 11 is 0. The molecular formula is C11H14N2O. The van der Waals surface area contributed by atoms with E-state index in [9.17, 15) is 0 Å². The van der Waals surface area contributed by atoms with Crippen molar-refractivity contribution in [1.29, 1.82) is 0 Å². The number of rotatable bonds is 4. The maximum atomic E-state index is 5.27. The van der Waals surface area contributed by atoms with Crippen LogP contribution in [0.3, 0.4) is 0 Å². The molecule has 1 unspecified atom stereocenters. The summed E-state index contributed by atoms with van der Waals surface area (Å²) in [5, 5.41) is 0. The van der Waals surface area contributed by atoms with E-state index in [1.54, 1.807) is 7.11 Å². The lowest BCUT2D eigenvalue weighted by atomic mass is 10.1. The van der Waals surface area contributed by atoms with Crippen molar-refractivity contribution in [3.05, 3.63) is 29.8 Å². The van der Waals surface area contributed by atoms with Gasteiger partial charge in [-0.15, -0.1) is 6.42 Å². The zero-order valence-corrected chi connectivity index (χ0v) is 8.16. The SMILES string of the molecule is C#CC(Cc1ccc(OC)cc1)NN. The molecule has 1 rings (SSSR count). The molecule has 0 aromatic heterocycles. The molecular weight excluding hydrogens is 176 g/mol. The Labute approximate surface area is 84.2 Å². The fourth-order valence-corrected chi connectivity index (χ4v) is 1.16. The predicted molar refractivity (Wildman–Crippen MR) is 56.6 cm³/mol. The van der Waals surface area contributed by atoms with Gasteiger partial charge in [-0.1, -0.05) is 18.1 Å². The van der Waals surface area contributed by atoms with E-state index in [2.05, 4.69) is 11.3 Å². The lowest BCUT2D eigenvalue weighted by molar-refractivity contribution is 0.414. The molecule has 0 fully saturated rings. The molecule has 0 radical (unpaired) electrons. The third-order valence-corrected chi connectivity index (χ3v) is 2.00. The zero-order chi connectivity index (χ0) is 10.4. The Morgan fingerprint density at radius 3 is 2.57 bits per heavy atom. The van der Waals surface area contributed by atoms with Crippen LogP contribution in [-0.2, 0) is 6.42 Å². The second kappa shape index (κ2) is 5.28. The van der Waals surface area contributed by atoms with E-state index in [0.717, 1.165) is 17.7 Å². The van der Waals surface area contributed by atoms with Gasteiger partial charge >= 0.3 is 0 Å². The molecule has 0 saturated carbocycles.